The van der Waals surface area contributed by atoms with Crippen molar-refractivity contribution in [2.75, 3.05) is 38.2 Å². The molecule has 1 aliphatic rings. The number of methoxy groups -OCH3 is 1. The summed E-state index contributed by atoms with van der Waals surface area (Å²) in [7, 11) is 1.72. The fourth-order valence-corrected chi connectivity index (χ4v) is 2.89. The first kappa shape index (κ1) is 13.9. The maximum Gasteiger partial charge on any atom is 0.274 e. The lowest BCUT2D eigenvalue weighted by Crippen LogP contribution is -3.13. The zero-order valence-corrected chi connectivity index (χ0v) is 12.5. The predicted molar refractivity (Wildman–Crippen MR) is 82.6 cm³/mol. The van der Waals surface area contributed by atoms with Gasteiger partial charge in [0.2, 0.25) is 0 Å². The Balaban J connectivity index is 1.56. The van der Waals surface area contributed by atoms with Gasteiger partial charge in [0.25, 0.3) is 5.82 Å². The SMILES string of the molecule is COc1cccc(C[NH+]2CCN(c3cccc[nH+]3)CC2)c1. The van der Waals surface area contributed by atoms with Crippen molar-refractivity contribution in [2.24, 2.45) is 0 Å². The quantitative estimate of drug-likeness (QED) is 0.882. The topological polar surface area (TPSA) is 31.1 Å². The molecule has 4 nitrogen and oxygen atoms in total. The molecule has 1 saturated heterocycles. The van der Waals surface area contributed by atoms with Gasteiger partial charge in [-0.15, -0.1) is 0 Å². The number of nitrogens with zero attached hydrogens (tertiary/aromatic N) is 1. The third-order valence-corrected chi connectivity index (χ3v) is 4.09. The molecule has 0 radical (unpaired) electrons. The van der Waals surface area contributed by atoms with Gasteiger partial charge in [0, 0.05) is 11.6 Å². The Labute approximate surface area is 126 Å². The molecule has 1 aromatic carbocycles. The van der Waals surface area contributed by atoms with Gasteiger partial charge >= 0.3 is 0 Å². The van der Waals surface area contributed by atoms with E-state index in [-0.39, 0.29) is 0 Å². The largest absolute Gasteiger partial charge is 0.497 e. The Kier molecular flexibility index (Phi) is 4.36. The van der Waals surface area contributed by atoms with E-state index in [0.29, 0.717) is 0 Å². The van der Waals surface area contributed by atoms with Gasteiger partial charge in [-0.25, -0.2) is 4.98 Å². The minimum atomic E-state index is 0.949. The van der Waals surface area contributed by atoms with Gasteiger partial charge in [-0.05, 0) is 18.2 Å². The molecule has 0 bridgehead atoms. The highest BCUT2D eigenvalue weighted by Gasteiger charge is 2.25. The van der Waals surface area contributed by atoms with Crippen molar-refractivity contribution in [1.29, 1.82) is 0 Å². The molecule has 3 rings (SSSR count). The first-order valence-corrected chi connectivity index (χ1v) is 7.53. The Morgan fingerprint density at radius 2 is 2.00 bits per heavy atom. The van der Waals surface area contributed by atoms with E-state index >= 15 is 0 Å². The molecule has 1 aromatic heterocycles. The average molecular weight is 285 g/mol. The van der Waals surface area contributed by atoms with Crippen LogP contribution in [0.25, 0.3) is 0 Å². The number of anilines is 1. The third-order valence-electron chi connectivity index (χ3n) is 4.09. The van der Waals surface area contributed by atoms with Gasteiger partial charge in [0.05, 0.1) is 13.3 Å². The highest BCUT2D eigenvalue weighted by molar-refractivity contribution is 5.32. The van der Waals surface area contributed by atoms with Crippen LogP contribution in [0.1, 0.15) is 5.56 Å². The van der Waals surface area contributed by atoms with Crippen LogP contribution in [-0.4, -0.2) is 33.3 Å². The van der Waals surface area contributed by atoms with Gasteiger partial charge in [0.1, 0.15) is 38.5 Å². The third kappa shape index (κ3) is 3.52. The standard InChI is InChI=1S/C17H21N3O/c1-21-16-6-4-5-15(13-16)14-19-9-11-20(12-10-19)17-7-2-3-8-18-17/h2-8,13H,9-12,14H2,1H3/p+2. The molecule has 0 atom stereocenters. The summed E-state index contributed by atoms with van der Waals surface area (Å²) in [6, 6.07) is 14.7. The number of piperazine rings is 1. The van der Waals surface area contributed by atoms with Crippen LogP contribution < -0.4 is 19.5 Å². The molecule has 4 heteroatoms. The fraction of sp³-hybridized carbons (Fsp3) is 0.353. The normalized spacial score (nSPS) is 16.0. The Morgan fingerprint density at radius 1 is 1.14 bits per heavy atom. The Bertz CT molecular complexity index is 565. The van der Waals surface area contributed by atoms with E-state index < -0.39 is 0 Å². The van der Waals surface area contributed by atoms with Crippen molar-refractivity contribution in [2.45, 2.75) is 6.54 Å². The highest BCUT2D eigenvalue weighted by Crippen LogP contribution is 2.11. The van der Waals surface area contributed by atoms with Gasteiger partial charge in [-0.3, -0.25) is 4.90 Å². The number of nitrogens with one attached hydrogen (secondary N) is 2. The summed E-state index contributed by atoms with van der Waals surface area (Å²) in [6.45, 7) is 5.60. The van der Waals surface area contributed by atoms with Crippen LogP contribution in [0.5, 0.6) is 5.75 Å². The van der Waals surface area contributed by atoms with E-state index in [0.717, 1.165) is 25.4 Å². The van der Waals surface area contributed by atoms with Gasteiger partial charge in [-0.2, -0.15) is 0 Å². The summed E-state index contributed by atoms with van der Waals surface area (Å²) in [4.78, 5) is 7.38. The molecule has 2 aromatic rings. The molecule has 2 N–H and O–H groups in total. The molecule has 110 valence electrons. The van der Waals surface area contributed by atoms with Crippen LogP contribution in [0.2, 0.25) is 0 Å². The molecular formula is C17H23N3O+2. The minimum absolute atomic E-state index is 0.949. The van der Waals surface area contributed by atoms with Crippen LogP contribution in [0.15, 0.2) is 48.7 Å². The van der Waals surface area contributed by atoms with Crippen LogP contribution in [0.3, 0.4) is 0 Å². The number of ether oxygens (including phenoxy) is 1. The number of aromatic amines is 1. The second kappa shape index (κ2) is 6.59. The van der Waals surface area contributed by atoms with Crippen molar-refractivity contribution >= 4 is 5.82 Å². The van der Waals surface area contributed by atoms with Gasteiger partial charge in [-0.1, -0.05) is 18.2 Å². The summed E-state index contributed by atoms with van der Waals surface area (Å²) in [5, 5.41) is 0. The summed E-state index contributed by atoms with van der Waals surface area (Å²) < 4.78 is 5.30. The Hall–Kier alpha value is -2.07. The number of rotatable bonds is 4. The molecule has 21 heavy (non-hydrogen) atoms. The second-order valence-electron chi connectivity index (χ2n) is 5.51. The molecule has 2 heterocycles. The number of H-pyrrole nitrogens is 1. The summed E-state index contributed by atoms with van der Waals surface area (Å²) in [5.74, 6) is 2.17. The van der Waals surface area contributed by atoms with Gasteiger partial charge in [0.15, 0.2) is 0 Å². The number of quaternary nitrogens is 1. The highest BCUT2D eigenvalue weighted by atomic mass is 16.5. The van der Waals surface area contributed by atoms with E-state index in [1.807, 2.05) is 18.3 Å². The number of benzene rings is 1. The summed E-state index contributed by atoms with van der Waals surface area (Å²) in [5.41, 5.74) is 1.35. The second-order valence-corrected chi connectivity index (χ2v) is 5.51. The monoisotopic (exact) mass is 285 g/mol. The first-order chi connectivity index (χ1) is 10.3. The smallest absolute Gasteiger partial charge is 0.274 e. The van der Waals surface area contributed by atoms with Crippen molar-refractivity contribution in [3.8, 4) is 5.75 Å². The average Bonchev–Trinajstić information content (AvgIpc) is 2.56. The number of hydrogen-bond acceptors (Lipinski definition) is 2. The zero-order chi connectivity index (χ0) is 14.5. The maximum atomic E-state index is 5.30. The Morgan fingerprint density at radius 3 is 2.71 bits per heavy atom. The van der Waals surface area contributed by atoms with Crippen molar-refractivity contribution < 1.29 is 14.6 Å². The number of pyridine rings is 1. The summed E-state index contributed by atoms with van der Waals surface area (Å²) in [6.07, 6.45) is 1.99. The van der Waals surface area contributed by atoms with Crippen molar-refractivity contribution in [1.82, 2.24) is 0 Å². The molecule has 0 spiro atoms. The fourth-order valence-electron chi connectivity index (χ4n) is 2.89. The summed E-state index contributed by atoms with van der Waals surface area (Å²) >= 11 is 0. The molecule has 0 amide bonds. The van der Waals surface area contributed by atoms with E-state index in [2.05, 4.69) is 40.2 Å². The molecule has 1 aliphatic heterocycles. The van der Waals surface area contributed by atoms with Gasteiger partial charge < -0.3 is 9.64 Å². The zero-order valence-electron chi connectivity index (χ0n) is 12.5. The molecule has 1 fully saturated rings. The van der Waals surface area contributed by atoms with E-state index in [9.17, 15) is 0 Å². The van der Waals surface area contributed by atoms with E-state index in [1.165, 1.54) is 24.5 Å². The molecule has 0 unspecified atom stereocenters. The van der Waals surface area contributed by atoms with Crippen LogP contribution >= 0.6 is 0 Å². The number of aromatic nitrogens is 1. The molecule has 0 saturated carbocycles. The van der Waals surface area contributed by atoms with Crippen LogP contribution in [-0.2, 0) is 6.54 Å². The van der Waals surface area contributed by atoms with Crippen molar-refractivity contribution in [3.63, 3.8) is 0 Å². The lowest BCUT2D eigenvalue weighted by molar-refractivity contribution is -0.914. The molecule has 0 aliphatic carbocycles. The van der Waals surface area contributed by atoms with E-state index in [1.54, 1.807) is 12.0 Å². The van der Waals surface area contributed by atoms with Crippen LogP contribution in [0.4, 0.5) is 5.82 Å². The van der Waals surface area contributed by atoms with Crippen LogP contribution in [0, 0.1) is 0 Å². The minimum Gasteiger partial charge on any atom is -0.497 e. The number of hydrogen-bond donors (Lipinski definition) is 1. The predicted octanol–water partition coefficient (Wildman–Crippen LogP) is 0.414. The van der Waals surface area contributed by atoms with Crippen molar-refractivity contribution in [3.05, 3.63) is 54.2 Å². The lowest BCUT2D eigenvalue weighted by Gasteiger charge is -2.28. The molecular weight excluding hydrogens is 262 g/mol. The maximum absolute atomic E-state index is 5.30. The first-order valence-electron chi connectivity index (χ1n) is 7.53. The van der Waals surface area contributed by atoms with E-state index in [4.69, 9.17) is 4.74 Å². The lowest BCUT2D eigenvalue weighted by atomic mass is 10.2.